The molecule has 0 fully saturated rings. The van der Waals surface area contributed by atoms with Crippen LogP contribution in [0.1, 0.15) is 66.7 Å². The molecule has 37 heavy (non-hydrogen) atoms. The molecule has 0 saturated heterocycles. The molecule has 0 bridgehead atoms. The second kappa shape index (κ2) is 12.0. The minimum atomic E-state index is -4.13. The number of nitrogens with zero attached hydrogens (tertiary/aromatic N) is 1. The average molecular weight is 538 g/mol. The molecule has 2 aliphatic rings. The summed E-state index contributed by atoms with van der Waals surface area (Å²) in [5.74, 6) is -0.700. The maximum absolute atomic E-state index is 13.5. The topological polar surface area (TPSA) is 186 Å². The van der Waals surface area contributed by atoms with E-state index in [1.165, 1.54) is 6.08 Å². The first-order valence-electron chi connectivity index (χ1n) is 12.2. The van der Waals surface area contributed by atoms with Crippen molar-refractivity contribution in [3.8, 4) is 0 Å². The molecular formula is C25H39N5O6S. The molecule has 0 aromatic carbocycles. The molecule has 0 aromatic heterocycles. The van der Waals surface area contributed by atoms with Gasteiger partial charge in [-0.1, -0.05) is 19.9 Å². The summed E-state index contributed by atoms with van der Waals surface area (Å²) in [6.07, 6.45) is 3.38. The Morgan fingerprint density at radius 3 is 2.51 bits per heavy atom. The second-order valence-electron chi connectivity index (χ2n) is 9.96. The standard InChI is InChI=1S/C25H39N5O6S/c1-7-9-19(23(32)33)29-22(31)18(26)10-8-13-28-24(27)30-37(34,35)21-20-14(2)15(3)36-16(4)17(20)11-12-25(21,5)6/h7,18-19H,1,8-13,26H2,2-6H3,(H,29,31)(H,32,33)(H3,27,28,30)/t18-,19-/m1/s1. The summed E-state index contributed by atoms with van der Waals surface area (Å²) in [4.78, 5) is 23.6. The molecule has 7 N–H and O–H groups in total. The van der Waals surface area contributed by atoms with Gasteiger partial charge in [-0.15, -0.1) is 11.0 Å². The van der Waals surface area contributed by atoms with E-state index in [2.05, 4.69) is 21.6 Å². The van der Waals surface area contributed by atoms with E-state index >= 15 is 0 Å². The number of guanidine groups is 1. The van der Waals surface area contributed by atoms with E-state index in [9.17, 15) is 18.0 Å². The number of nitrogens with one attached hydrogen (secondary N) is 2. The Morgan fingerprint density at radius 1 is 1.27 bits per heavy atom. The van der Waals surface area contributed by atoms with Crippen molar-refractivity contribution in [3.05, 3.63) is 45.8 Å². The summed E-state index contributed by atoms with van der Waals surface area (Å²) >= 11 is 0. The van der Waals surface area contributed by atoms with Crippen LogP contribution in [0.4, 0.5) is 0 Å². The highest BCUT2D eigenvalue weighted by atomic mass is 32.2. The van der Waals surface area contributed by atoms with Gasteiger partial charge in [-0.2, -0.15) is 8.42 Å². The van der Waals surface area contributed by atoms with E-state index in [-0.39, 0.29) is 30.3 Å². The molecule has 1 aliphatic carbocycles. The highest BCUT2D eigenvalue weighted by molar-refractivity contribution is 7.94. The van der Waals surface area contributed by atoms with Gasteiger partial charge in [0.25, 0.3) is 10.0 Å². The predicted octanol–water partition coefficient (Wildman–Crippen LogP) is 2.15. The molecule has 0 saturated carbocycles. The Labute approximate surface area is 218 Å². The summed E-state index contributed by atoms with van der Waals surface area (Å²) in [7, 11) is -4.13. The smallest absolute Gasteiger partial charge is 0.326 e. The van der Waals surface area contributed by atoms with E-state index in [0.717, 1.165) is 11.1 Å². The van der Waals surface area contributed by atoms with Gasteiger partial charge in [0, 0.05) is 17.5 Å². The molecular weight excluding hydrogens is 498 g/mol. The number of hydrogen-bond acceptors (Lipinski definition) is 6. The number of sulfonamides is 1. The van der Waals surface area contributed by atoms with Gasteiger partial charge < -0.3 is 31.9 Å². The van der Waals surface area contributed by atoms with Crippen LogP contribution in [-0.4, -0.2) is 50.0 Å². The summed E-state index contributed by atoms with van der Waals surface area (Å²) in [6, 6.07) is -2.04. The zero-order valence-corrected chi connectivity index (χ0v) is 23.0. The van der Waals surface area contributed by atoms with Crippen LogP contribution in [0.2, 0.25) is 0 Å². The largest absolute Gasteiger partial charge is 0.480 e. The average Bonchev–Trinajstić information content (AvgIpc) is 2.78. The normalized spacial score (nSPS) is 19.6. The van der Waals surface area contributed by atoms with E-state index in [4.69, 9.17) is 21.3 Å². The molecule has 0 radical (unpaired) electrons. The number of allylic oxidation sites excluding steroid dienone is 6. The maximum atomic E-state index is 13.5. The third kappa shape index (κ3) is 7.22. The monoisotopic (exact) mass is 537 g/mol. The SMILES string of the molecule is C=CC[C@@H](NC(=O)[C@H](N)CCCNC(N)=NS(=O)(=O)C1=C2C(C)=C(C)OC(C)=C2CCC1(C)C)C(=O)O. The molecule has 0 spiro atoms. The minimum Gasteiger partial charge on any atom is -0.480 e. The van der Waals surface area contributed by atoms with E-state index in [1.807, 2.05) is 27.7 Å². The molecule has 11 nitrogen and oxygen atoms in total. The number of hydrogen-bond donors (Lipinski definition) is 5. The third-order valence-electron chi connectivity index (χ3n) is 6.61. The molecule has 2 atom stereocenters. The molecule has 1 heterocycles. The van der Waals surface area contributed by atoms with Gasteiger partial charge in [0.1, 0.15) is 17.6 Å². The summed E-state index contributed by atoms with van der Waals surface area (Å²) in [5, 5.41) is 14.3. The first-order chi connectivity index (χ1) is 17.1. The molecule has 1 amide bonds. The Morgan fingerprint density at radius 2 is 1.92 bits per heavy atom. The fourth-order valence-electron chi connectivity index (χ4n) is 4.47. The van der Waals surface area contributed by atoms with Gasteiger partial charge in [0.2, 0.25) is 11.9 Å². The highest BCUT2D eigenvalue weighted by Crippen LogP contribution is 2.50. The maximum Gasteiger partial charge on any atom is 0.326 e. The Kier molecular flexibility index (Phi) is 9.72. The molecule has 2 rings (SSSR count). The predicted molar refractivity (Wildman–Crippen MR) is 142 cm³/mol. The van der Waals surface area contributed by atoms with Crippen molar-refractivity contribution in [2.75, 3.05) is 6.54 Å². The number of nitrogens with two attached hydrogens (primary N) is 2. The summed E-state index contributed by atoms with van der Waals surface area (Å²) in [6.45, 7) is 12.9. The van der Waals surface area contributed by atoms with Crippen molar-refractivity contribution in [2.24, 2.45) is 21.3 Å². The van der Waals surface area contributed by atoms with Gasteiger partial charge in [-0.3, -0.25) is 4.79 Å². The van der Waals surface area contributed by atoms with Crippen LogP contribution in [-0.2, 0) is 24.3 Å². The van der Waals surface area contributed by atoms with Crippen molar-refractivity contribution in [1.82, 2.24) is 10.6 Å². The lowest BCUT2D eigenvalue weighted by Gasteiger charge is -2.38. The fraction of sp³-hybridized carbons (Fsp3) is 0.560. The lowest BCUT2D eigenvalue weighted by Crippen LogP contribution is -2.48. The zero-order chi connectivity index (χ0) is 28.1. The Bertz CT molecular complexity index is 1180. The van der Waals surface area contributed by atoms with Gasteiger partial charge in [-0.25, -0.2) is 4.79 Å². The number of carbonyl (C=O) groups is 2. The van der Waals surface area contributed by atoms with Crippen LogP contribution >= 0.6 is 0 Å². The van der Waals surface area contributed by atoms with Crippen molar-refractivity contribution >= 4 is 27.9 Å². The molecule has 206 valence electrons. The fourth-order valence-corrected chi connectivity index (χ4v) is 6.22. The number of carboxylic acids is 1. The highest BCUT2D eigenvalue weighted by Gasteiger charge is 2.42. The third-order valence-corrected chi connectivity index (χ3v) is 8.32. The lowest BCUT2D eigenvalue weighted by atomic mass is 9.74. The van der Waals surface area contributed by atoms with Crippen molar-refractivity contribution in [1.29, 1.82) is 0 Å². The number of carbonyl (C=O) groups excluding carboxylic acids is 1. The molecule has 1 aliphatic heterocycles. The lowest BCUT2D eigenvalue weighted by molar-refractivity contribution is -0.141. The molecule has 12 heteroatoms. The summed E-state index contributed by atoms with van der Waals surface area (Å²) in [5.41, 5.74) is 13.4. The van der Waals surface area contributed by atoms with E-state index < -0.39 is 39.4 Å². The van der Waals surface area contributed by atoms with Crippen LogP contribution in [0.15, 0.2) is 50.2 Å². The minimum absolute atomic E-state index is 0.0739. The second-order valence-corrected chi connectivity index (χ2v) is 11.5. The first-order valence-corrected chi connectivity index (χ1v) is 13.6. The first kappa shape index (κ1) is 30.1. The van der Waals surface area contributed by atoms with E-state index in [0.29, 0.717) is 36.4 Å². The van der Waals surface area contributed by atoms with Gasteiger partial charge in [0.05, 0.1) is 10.9 Å². The number of rotatable bonds is 11. The van der Waals surface area contributed by atoms with Crippen LogP contribution in [0.25, 0.3) is 0 Å². The van der Waals surface area contributed by atoms with Crippen LogP contribution in [0, 0.1) is 5.41 Å². The summed E-state index contributed by atoms with van der Waals surface area (Å²) < 4.78 is 36.6. The Balaban J connectivity index is 2.11. The van der Waals surface area contributed by atoms with Crippen LogP contribution in [0.5, 0.6) is 0 Å². The van der Waals surface area contributed by atoms with Gasteiger partial charge in [0.15, 0.2) is 0 Å². The van der Waals surface area contributed by atoms with Gasteiger partial charge >= 0.3 is 5.97 Å². The van der Waals surface area contributed by atoms with Crippen molar-refractivity contribution in [3.63, 3.8) is 0 Å². The Hall–Kier alpha value is -3.12. The number of amides is 1. The van der Waals surface area contributed by atoms with Crippen molar-refractivity contribution < 1.29 is 27.9 Å². The molecule has 0 aromatic rings. The number of carboxylic acid groups (broad SMARTS) is 1. The van der Waals surface area contributed by atoms with Crippen LogP contribution < -0.4 is 22.1 Å². The number of ether oxygens (including phenoxy) is 1. The van der Waals surface area contributed by atoms with Gasteiger partial charge in [-0.05, 0) is 64.0 Å². The van der Waals surface area contributed by atoms with Crippen LogP contribution in [0.3, 0.4) is 0 Å². The van der Waals surface area contributed by atoms with Crippen molar-refractivity contribution in [2.45, 2.75) is 78.8 Å². The number of fused-ring (bicyclic) bond motifs is 1. The van der Waals surface area contributed by atoms with E-state index in [1.54, 1.807) is 6.92 Å². The number of aliphatic carboxylic acids is 1. The zero-order valence-electron chi connectivity index (χ0n) is 22.2. The molecule has 0 unspecified atom stereocenters. The quantitative estimate of drug-likeness (QED) is 0.114.